The van der Waals surface area contributed by atoms with Crippen LogP contribution < -0.4 is 0 Å². The van der Waals surface area contributed by atoms with E-state index in [0.717, 1.165) is 21.8 Å². The van der Waals surface area contributed by atoms with Crippen LogP contribution in [0, 0.1) is 13.8 Å². The van der Waals surface area contributed by atoms with E-state index in [4.69, 9.17) is 0 Å². The van der Waals surface area contributed by atoms with E-state index in [0.29, 0.717) is 27.1 Å². The number of rotatable bonds is 3. The van der Waals surface area contributed by atoms with Crippen LogP contribution in [0.15, 0.2) is 40.5 Å². The number of alkyl halides is 3. The van der Waals surface area contributed by atoms with Crippen LogP contribution in [0.5, 0.6) is 0 Å². The maximum atomic E-state index is 13.2. The van der Waals surface area contributed by atoms with Crippen molar-refractivity contribution in [2.75, 3.05) is 0 Å². The zero-order chi connectivity index (χ0) is 20.1. The quantitative estimate of drug-likeness (QED) is 0.517. The highest BCUT2D eigenvalue weighted by Crippen LogP contribution is 2.33. The Kier molecular flexibility index (Phi) is 4.33. The maximum Gasteiger partial charge on any atom is 0.453 e. The van der Waals surface area contributed by atoms with Gasteiger partial charge in [0, 0.05) is 18.2 Å². The van der Waals surface area contributed by atoms with Crippen LogP contribution in [0.25, 0.3) is 17.0 Å². The van der Waals surface area contributed by atoms with Crippen molar-refractivity contribution in [3.8, 4) is 11.4 Å². The summed E-state index contributed by atoms with van der Waals surface area (Å²) < 4.78 is 42.1. The molecule has 0 N–H and O–H groups in total. The molecule has 7 nitrogen and oxygen atoms in total. The van der Waals surface area contributed by atoms with Crippen molar-refractivity contribution >= 4 is 17.4 Å². The molecule has 28 heavy (non-hydrogen) atoms. The van der Waals surface area contributed by atoms with E-state index in [2.05, 4.69) is 25.5 Å². The Bertz CT molecular complexity index is 1170. The molecule has 3 heterocycles. The van der Waals surface area contributed by atoms with Crippen LogP contribution in [0.4, 0.5) is 13.2 Å². The van der Waals surface area contributed by atoms with Crippen molar-refractivity contribution in [1.82, 2.24) is 34.6 Å². The van der Waals surface area contributed by atoms with Gasteiger partial charge in [-0.1, -0.05) is 30.3 Å². The third-order valence-corrected chi connectivity index (χ3v) is 5.48. The van der Waals surface area contributed by atoms with Gasteiger partial charge in [-0.25, -0.2) is 0 Å². The third kappa shape index (κ3) is 3.01. The van der Waals surface area contributed by atoms with Gasteiger partial charge in [0.05, 0.1) is 0 Å². The van der Waals surface area contributed by atoms with Crippen molar-refractivity contribution in [2.24, 2.45) is 7.05 Å². The zero-order valence-corrected chi connectivity index (χ0v) is 15.9. The fourth-order valence-corrected chi connectivity index (χ4v) is 3.61. The van der Waals surface area contributed by atoms with E-state index in [9.17, 15) is 13.2 Å². The Morgan fingerprint density at radius 3 is 2.32 bits per heavy atom. The van der Waals surface area contributed by atoms with Crippen LogP contribution in [-0.4, -0.2) is 34.6 Å². The number of benzene rings is 1. The van der Waals surface area contributed by atoms with Crippen molar-refractivity contribution in [2.45, 2.75) is 30.2 Å². The molecule has 4 aromatic rings. The molecular weight excluding hydrogens is 391 g/mol. The molecule has 0 radical (unpaired) electrons. The number of nitrogens with zero attached hydrogens (tertiary/aromatic N) is 7. The molecule has 3 aromatic heterocycles. The normalized spacial score (nSPS) is 12.1. The SMILES string of the molecule is Cc1c(Sc2nnc(-c3ccccc3)n2C)nn2c(C(F)(F)F)nnc2c1C. The fourth-order valence-electron chi connectivity index (χ4n) is 2.70. The van der Waals surface area contributed by atoms with Gasteiger partial charge in [0.2, 0.25) is 0 Å². The van der Waals surface area contributed by atoms with Gasteiger partial charge in [0.25, 0.3) is 5.82 Å². The Morgan fingerprint density at radius 2 is 1.64 bits per heavy atom. The Labute approximate surface area is 161 Å². The number of hydrogen-bond donors (Lipinski definition) is 0. The topological polar surface area (TPSA) is 73.8 Å². The van der Waals surface area contributed by atoms with E-state index in [-0.39, 0.29) is 5.65 Å². The molecule has 144 valence electrons. The van der Waals surface area contributed by atoms with Crippen LogP contribution in [0.1, 0.15) is 17.0 Å². The van der Waals surface area contributed by atoms with Gasteiger partial charge < -0.3 is 4.57 Å². The summed E-state index contributed by atoms with van der Waals surface area (Å²) in [6.07, 6.45) is -4.65. The molecule has 0 saturated carbocycles. The van der Waals surface area contributed by atoms with Gasteiger partial charge in [-0.3, -0.25) is 0 Å². The number of aryl methyl sites for hydroxylation is 1. The largest absolute Gasteiger partial charge is 0.453 e. The first-order valence-corrected chi connectivity index (χ1v) is 9.01. The molecule has 11 heteroatoms. The summed E-state index contributed by atoms with van der Waals surface area (Å²) in [5.41, 5.74) is 2.25. The minimum Gasteiger partial charge on any atom is -0.305 e. The van der Waals surface area contributed by atoms with Crippen molar-refractivity contribution in [1.29, 1.82) is 0 Å². The van der Waals surface area contributed by atoms with Gasteiger partial charge in [0.15, 0.2) is 16.6 Å². The molecule has 0 saturated heterocycles. The average Bonchev–Trinajstić information content (AvgIpc) is 3.24. The minimum absolute atomic E-state index is 0.0807. The van der Waals surface area contributed by atoms with Gasteiger partial charge in [-0.2, -0.15) is 22.8 Å². The van der Waals surface area contributed by atoms with E-state index in [1.807, 2.05) is 30.3 Å². The van der Waals surface area contributed by atoms with E-state index in [1.165, 1.54) is 0 Å². The van der Waals surface area contributed by atoms with Gasteiger partial charge >= 0.3 is 6.18 Å². The maximum absolute atomic E-state index is 13.2. The number of halogens is 3. The monoisotopic (exact) mass is 405 g/mol. The molecule has 0 aliphatic rings. The summed E-state index contributed by atoms with van der Waals surface area (Å²) in [5.74, 6) is -0.505. The van der Waals surface area contributed by atoms with Crippen molar-refractivity contribution < 1.29 is 13.2 Å². The number of fused-ring (bicyclic) bond motifs is 1. The Morgan fingerprint density at radius 1 is 0.929 bits per heavy atom. The summed E-state index contributed by atoms with van der Waals surface area (Å²) >= 11 is 1.14. The van der Waals surface area contributed by atoms with E-state index < -0.39 is 12.0 Å². The molecule has 0 aliphatic heterocycles. The fraction of sp³-hybridized carbons (Fsp3) is 0.235. The molecular formula is C17H14F3N7S. The van der Waals surface area contributed by atoms with Crippen LogP contribution in [-0.2, 0) is 13.2 Å². The summed E-state index contributed by atoms with van der Waals surface area (Å²) in [4.78, 5) is 0. The highest BCUT2D eigenvalue weighted by molar-refractivity contribution is 7.99. The lowest BCUT2D eigenvalue weighted by molar-refractivity contribution is -0.146. The standard InChI is InChI=1S/C17H14F3N7S/c1-9-10(2)14(25-27-12(9)21-23-15(27)17(18,19)20)28-16-24-22-13(26(16)3)11-7-5-4-6-8-11/h4-8H,1-3H3. The Balaban J connectivity index is 1.79. The zero-order valence-electron chi connectivity index (χ0n) is 15.1. The van der Waals surface area contributed by atoms with Crippen LogP contribution in [0.2, 0.25) is 0 Å². The Hall–Kier alpha value is -2.95. The second kappa shape index (κ2) is 6.59. The molecule has 0 amide bonds. The summed E-state index contributed by atoms with van der Waals surface area (Å²) in [5, 5.41) is 20.3. The predicted octanol–water partition coefficient (Wildman–Crippen LogP) is 3.71. The molecule has 1 aromatic carbocycles. The smallest absolute Gasteiger partial charge is 0.305 e. The first kappa shape index (κ1) is 18.4. The van der Waals surface area contributed by atoms with E-state index in [1.54, 1.807) is 25.5 Å². The summed E-state index contributed by atoms with van der Waals surface area (Å²) in [6.45, 7) is 3.47. The molecule has 4 rings (SSSR count). The first-order chi connectivity index (χ1) is 13.3. The van der Waals surface area contributed by atoms with Crippen molar-refractivity contribution in [3.05, 3.63) is 47.3 Å². The van der Waals surface area contributed by atoms with Crippen molar-refractivity contribution in [3.63, 3.8) is 0 Å². The molecule has 0 fully saturated rings. The molecule has 0 aliphatic carbocycles. The average molecular weight is 405 g/mol. The van der Waals surface area contributed by atoms with Gasteiger partial charge in [-0.05, 0) is 31.2 Å². The lowest BCUT2D eigenvalue weighted by atomic mass is 10.2. The third-order valence-electron chi connectivity index (χ3n) is 4.36. The van der Waals surface area contributed by atoms with Gasteiger partial charge in [-0.15, -0.1) is 20.4 Å². The molecule has 0 spiro atoms. The predicted molar refractivity (Wildman–Crippen MR) is 95.8 cm³/mol. The number of aromatic nitrogens is 7. The second-order valence-electron chi connectivity index (χ2n) is 6.15. The van der Waals surface area contributed by atoms with Gasteiger partial charge in [0.1, 0.15) is 5.03 Å². The second-order valence-corrected chi connectivity index (χ2v) is 7.10. The highest BCUT2D eigenvalue weighted by atomic mass is 32.2. The van der Waals surface area contributed by atoms with Crippen LogP contribution >= 0.6 is 11.8 Å². The highest BCUT2D eigenvalue weighted by Gasteiger charge is 2.38. The molecule has 0 atom stereocenters. The summed E-state index contributed by atoms with van der Waals surface area (Å²) in [6, 6.07) is 9.50. The van der Waals surface area contributed by atoms with E-state index >= 15 is 0 Å². The number of hydrogen-bond acceptors (Lipinski definition) is 6. The first-order valence-electron chi connectivity index (χ1n) is 8.20. The minimum atomic E-state index is -4.65. The molecule has 0 unspecified atom stereocenters. The summed E-state index contributed by atoms with van der Waals surface area (Å²) in [7, 11) is 1.80. The van der Waals surface area contributed by atoms with Crippen LogP contribution in [0.3, 0.4) is 0 Å². The lowest BCUT2D eigenvalue weighted by Crippen LogP contribution is -2.13. The lowest BCUT2D eigenvalue weighted by Gasteiger charge is -2.10. The molecule has 0 bridgehead atoms.